The quantitative estimate of drug-likeness (QED) is 0.519. The van der Waals surface area contributed by atoms with E-state index in [0.717, 1.165) is 61.4 Å². The van der Waals surface area contributed by atoms with Crippen LogP contribution in [0.1, 0.15) is 48.9 Å². The van der Waals surface area contributed by atoms with Gasteiger partial charge in [0, 0.05) is 29.4 Å². The van der Waals surface area contributed by atoms with Crippen LogP contribution in [0.2, 0.25) is 0 Å². The Kier molecular flexibility index (Phi) is 6.27. The molecule has 1 saturated carbocycles. The molecule has 1 atom stereocenters. The van der Waals surface area contributed by atoms with Crippen molar-refractivity contribution in [1.82, 2.24) is 20.2 Å². The predicted molar refractivity (Wildman–Crippen MR) is 121 cm³/mol. The fourth-order valence-electron chi connectivity index (χ4n) is 4.44. The Morgan fingerprint density at radius 1 is 1.27 bits per heavy atom. The van der Waals surface area contributed by atoms with Crippen molar-refractivity contribution in [3.05, 3.63) is 16.3 Å². The summed E-state index contributed by atoms with van der Waals surface area (Å²) in [5, 5.41) is 5.39. The summed E-state index contributed by atoms with van der Waals surface area (Å²) in [5.74, 6) is 2.08. The summed E-state index contributed by atoms with van der Waals surface area (Å²) in [4.78, 5) is 27.4. The number of fused-ring (bicyclic) bond motifs is 3. The summed E-state index contributed by atoms with van der Waals surface area (Å²) in [6.45, 7) is 6.27. The highest BCUT2D eigenvalue weighted by Crippen LogP contribution is 2.40. The Balaban J connectivity index is 1.38. The lowest BCUT2D eigenvalue weighted by Crippen LogP contribution is -2.36. The second-order valence-corrected chi connectivity index (χ2v) is 10.8. The molecular weight excluding hydrogens is 416 g/mol. The second-order valence-electron chi connectivity index (χ2n) is 8.71. The van der Waals surface area contributed by atoms with Gasteiger partial charge in [0.2, 0.25) is 5.91 Å². The normalized spacial score (nSPS) is 20.8. The van der Waals surface area contributed by atoms with Crippen LogP contribution in [0.5, 0.6) is 0 Å². The first-order chi connectivity index (χ1) is 14.7. The van der Waals surface area contributed by atoms with Gasteiger partial charge in [-0.15, -0.1) is 11.3 Å². The third kappa shape index (κ3) is 4.66. The highest BCUT2D eigenvalue weighted by molar-refractivity contribution is 8.00. The number of thiophene rings is 1. The molecule has 0 unspecified atom stereocenters. The lowest BCUT2D eigenvalue weighted by Gasteiger charge is -2.25. The fraction of sp³-hybridized carbons (Fsp3) is 0.682. The zero-order valence-corrected chi connectivity index (χ0v) is 19.2. The van der Waals surface area contributed by atoms with E-state index in [1.54, 1.807) is 11.8 Å². The summed E-state index contributed by atoms with van der Waals surface area (Å²) >= 11 is 3.43. The first kappa shape index (κ1) is 20.7. The van der Waals surface area contributed by atoms with Crippen LogP contribution >= 0.6 is 23.1 Å². The Labute approximate surface area is 186 Å². The number of thioether (sulfide) groups is 1. The van der Waals surface area contributed by atoms with Gasteiger partial charge in [-0.2, -0.15) is 0 Å². The van der Waals surface area contributed by atoms with Gasteiger partial charge in [-0.3, -0.25) is 9.69 Å². The molecule has 1 amide bonds. The highest BCUT2D eigenvalue weighted by atomic mass is 32.2. The Morgan fingerprint density at radius 2 is 2.07 bits per heavy atom. The Morgan fingerprint density at radius 3 is 2.87 bits per heavy atom. The molecule has 162 valence electrons. The molecule has 1 saturated heterocycles. The molecule has 0 aromatic carbocycles. The maximum atomic E-state index is 12.5. The SMILES string of the molecule is C[C@@H](NC(=O)CSc1nc(CN2CCOCC2)nc2sc3c(c12)CCCC3)C1CC1. The van der Waals surface area contributed by atoms with Crippen molar-refractivity contribution in [2.24, 2.45) is 5.92 Å². The van der Waals surface area contributed by atoms with Crippen molar-refractivity contribution in [3.8, 4) is 0 Å². The Hall–Kier alpha value is -1.22. The van der Waals surface area contributed by atoms with E-state index in [4.69, 9.17) is 14.7 Å². The number of hydrogen-bond donors (Lipinski definition) is 1. The molecule has 30 heavy (non-hydrogen) atoms. The van der Waals surface area contributed by atoms with Crippen molar-refractivity contribution < 1.29 is 9.53 Å². The minimum atomic E-state index is 0.116. The van der Waals surface area contributed by atoms with Crippen LogP contribution in [0.15, 0.2) is 5.03 Å². The number of ether oxygens (including phenoxy) is 1. The van der Waals surface area contributed by atoms with E-state index < -0.39 is 0 Å². The molecule has 2 fully saturated rings. The van der Waals surface area contributed by atoms with Gasteiger partial charge >= 0.3 is 0 Å². The van der Waals surface area contributed by atoms with Gasteiger partial charge in [-0.05, 0) is 56.9 Å². The molecule has 3 aliphatic rings. The molecule has 0 spiro atoms. The third-order valence-corrected chi connectivity index (χ3v) is 8.52. The predicted octanol–water partition coefficient (Wildman–Crippen LogP) is 3.41. The molecular formula is C22H30N4O2S2. The molecule has 6 nitrogen and oxygen atoms in total. The maximum absolute atomic E-state index is 12.5. The standard InChI is InChI=1S/C22H30N4O2S2/c1-14(15-6-7-15)23-19(27)13-29-21-20-16-4-2-3-5-17(16)30-22(20)25-18(24-21)12-26-8-10-28-11-9-26/h14-15H,2-13H2,1H3,(H,23,27)/t14-/m1/s1. The number of aryl methyl sites for hydroxylation is 2. The molecule has 2 aromatic rings. The van der Waals surface area contributed by atoms with Crippen LogP contribution in [-0.4, -0.2) is 58.9 Å². The number of hydrogen-bond acceptors (Lipinski definition) is 7. The van der Waals surface area contributed by atoms with E-state index in [0.29, 0.717) is 11.7 Å². The first-order valence-corrected chi connectivity index (χ1v) is 13.0. The van der Waals surface area contributed by atoms with Crippen molar-refractivity contribution in [2.75, 3.05) is 32.1 Å². The lowest BCUT2D eigenvalue weighted by atomic mass is 9.97. The second kappa shape index (κ2) is 9.10. The minimum absolute atomic E-state index is 0.116. The summed E-state index contributed by atoms with van der Waals surface area (Å²) in [6, 6.07) is 0.286. The van der Waals surface area contributed by atoms with Gasteiger partial charge in [0.1, 0.15) is 15.7 Å². The van der Waals surface area contributed by atoms with Gasteiger partial charge in [0.15, 0.2) is 0 Å². The maximum Gasteiger partial charge on any atom is 0.230 e. The van der Waals surface area contributed by atoms with Crippen LogP contribution in [0.3, 0.4) is 0 Å². The molecule has 2 aliphatic carbocycles. The van der Waals surface area contributed by atoms with Crippen molar-refractivity contribution >= 4 is 39.2 Å². The van der Waals surface area contributed by atoms with E-state index in [-0.39, 0.29) is 11.9 Å². The average molecular weight is 447 g/mol. The van der Waals surface area contributed by atoms with E-state index in [1.165, 1.54) is 41.5 Å². The van der Waals surface area contributed by atoms with Gasteiger partial charge in [-0.1, -0.05) is 11.8 Å². The zero-order chi connectivity index (χ0) is 20.5. The van der Waals surface area contributed by atoms with Gasteiger partial charge in [-0.25, -0.2) is 9.97 Å². The largest absolute Gasteiger partial charge is 0.379 e. The number of morpholine rings is 1. The van der Waals surface area contributed by atoms with Gasteiger partial charge in [0.25, 0.3) is 0 Å². The van der Waals surface area contributed by atoms with Crippen LogP contribution in [0.25, 0.3) is 10.2 Å². The summed E-state index contributed by atoms with van der Waals surface area (Å²) in [7, 11) is 0. The first-order valence-electron chi connectivity index (χ1n) is 11.2. The van der Waals surface area contributed by atoms with Crippen LogP contribution in [0.4, 0.5) is 0 Å². The highest BCUT2D eigenvalue weighted by Gasteiger charge is 2.29. The molecule has 2 aromatic heterocycles. The fourth-order valence-corrected chi connectivity index (χ4v) is 6.67. The third-order valence-electron chi connectivity index (χ3n) is 6.35. The van der Waals surface area contributed by atoms with E-state index in [9.17, 15) is 4.79 Å². The molecule has 8 heteroatoms. The van der Waals surface area contributed by atoms with E-state index in [2.05, 4.69) is 17.1 Å². The van der Waals surface area contributed by atoms with Crippen molar-refractivity contribution in [2.45, 2.75) is 63.1 Å². The number of rotatable bonds is 7. The molecule has 1 aliphatic heterocycles. The molecule has 1 N–H and O–H groups in total. The van der Waals surface area contributed by atoms with E-state index >= 15 is 0 Å². The van der Waals surface area contributed by atoms with Crippen LogP contribution < -0.4 is 5.32 Å². The number of nitrogens with zero attached hydrogens (tertiary/aromatic N) is 3. The van der Waals surface area contributed by atoms with Gasteiger partial charge in [0.05, 0.1) is 25.5 Å². The van der Waals surface area contributed by atoms with Gasteiger partial charge < -0.3 is 10.1 Å². The number of aromatic nitrogens is 2. The topological polar surface area (TPSA) is 67.4 Å². The zero-order valence-electron chi connectivity index (χ0n) is 17.6. The minimum Gasteiger partial charge on any atom is -0.379 e. The van der Waals surface area contributed by atoms with Crippen molar-refractivity contribution in [3.63, 3.8) is 0 Å². The number of nitrogens with one attached hydrogen (secondary N) is 1. The van der Waals surface area contributed by atoms with Crippen LogP contribution in [-0.2, 0) is 28.9 Å². The summed E-state index contributed by atoms with van der Waals surface area (Å²) in [5.41, 5.74) is 1.44. The summed E-state index contributed by atoms with van der Waals surface area (Å²) in [6.07, 6.45) is 7.24. The number of carbonyl (C=O) groups is 1. The summed E-state index contributed by atoms with van der Waals surface area (Å²) < 4.78 is 5.48. The lowest BCUT2D eigenvalue weighted by molar-refractivity contribution is -0.119. The Bertz CT molecular complexity index is 921. The van der Waals surface area contributed by atoms with Crippen molar-refractivity contribution in [1.29, 1.82) is 0 Å². The monoisotopic (exact) mass is 446 g/mol. The smallest absolute Gasteiger partial charge is 0.230 e. The van der Waals surface area contributed by atoms with Crippen LogP contribution in [0, 0.1) is 5.92 Å². The molecule has 0 bridgehead atoms. The van der Waals surface area contributed by atoms with E-state index in [1.807, 2.05) is 11.3 Å². The average Bonchev–Trinajstić information content (AvgIpc) is 3.53. The number of carbonyl (C=O) groups excluding carboxylic acids is 1. The molecule has 5 rings (SSSR count). The molecule has 0 radical (unpaired) electrons. The number of amides is 1. The molecule has 3 heterocycles.